The van der Waals surface area contributed by atoms with E-state index in [1.165, 1.54) is 0 Å². The van der Waals surface area contributed by atoms with Crippen LogP contribution in [0.25, 0.3) is 0 Å². The molecule has 0 aliphatic carbocycles. The van der Waals surface area contributed by atoms with Crippen LogP contribution in [0, 0.1) is 5.92 Å². The Morgan fingerprint density at radius 3 is 3.05 bits per heavy atom. The highest BCUT2D eigenvalue weighted by Gasteiger charge is 2.28. The van der Waals surface area contributed by atoms with Crippen molar-refractivity contribution in [2.75, 3.05) is 45.3 Å². The Kier molecular flexibility index (Phi) is 5.82. The molecule has 2 heterocycles. The second-order valence-electron chi connectivity index (χ2n) is 5.37. The van der Waals surface area contributed by atoms with E-state index < -0.39 is 0 Å². The van der Waals surface area contributed by atoms with E-state index in [-0.39, 0.29) is 11.8 Å². The normalized spacial score (nSPS) is 18.6. The quantitative estimate of drug-likeness (QED) is 0.835. The van der Waals surface area contributed by atoms with Crippen molar-refractivity contribution in [3.05, 3.63) is 23.4 Å². The number of aromatic nitrogens is 1. The van der Waals surface area contributed by atoms with Gasteiger partial charge in [0, 0.05) is 40.0 Å². The highest BCUT2D eigenvalue weighted by atomic mass is 35.5. The minimum atomic E-state index is 0.0260. The van der Waals surface area contributed by atoms with E-state index in [1.54, 1.807) is 18.2 Å². The zero-order valence-corrected chi connectivity index (χ0v) is 13.3. The van der Waals surface area contributed by atoms with E-state index >= 15 is 0 Å². The summed E-state index contributed by atoms with van der Waals surface area (Å²) in [4.78, 5) is 20.7. The lowest BCUT2D eigenvalue weighted by Gasteiger charge is -2.34. The molecule has 0 spiro atoms. The fraction of sp³-hybridized carbons (Fsp3) is 0.600. The Balaban J connectivity index is 1.97. The van der Waals surface area contributed by atoms with Crippen molar-refractivity contribution < 1.29 is 9.53 Å². The number of piperidine rings is 1. The molecule has 1 aromatic heterocycles. The van der Waals surface area contributed by atoms with Gasteiger partial charge in [-0.25, -0.2) is 4.98 Å². The van der Waals surface area contributed by atoms with Crippen LogP contribution in [-0.4, -0.2) is 56.2 Å². The van der Waals surface area contributed by atoms with E-state index in [9.17, 15) is 4.79 Å². The first-order valence-electron chi connectivity index (χ1n) is 7.22. The average molecular weight is 312 g/mol. The number of methoxy groups -OCH3 is 1. The minimum Gasteiger partial charge on any atom is -0.383 e. The monoisotopic (exact) mass is 311 g/mol. The van der Waals surface area contributed by atoms with Gasteiger partial charge in [0.05, 0.1) is 17.5 Å². The largest absolute Gasteiger partial charge is 0.383 e. The second-order valence-corrected chi connectivity index (χ2v) is 5.81. The SMILES string of the molecule is COCCN(C)C(=O)C1CCCN(c2ccc(Cl)cn2)C1. The van der Waals surface area contributed by atoms with Crippen LogP contribution in [0.3, 0.4) is 0 Å². The molecule has 21 heavy (non-hydrogen) atoms. The maximum Gasteiger partial charge on any atom is 0.227 e. The van der Waals surface area contributed by atoms with Crippen LogP contribution in [-0.2, 0) is 9.53 Å². The number of carbonyl (C=O) groups excluding carboxylic acids is 1. The summed E-state index contributed by atoms with van der Waals surface area (Å²) in [6.07, 6.45) is 3.58. The van der Waals surface area contributed by atoms with E-state index in [1.807, 2.05) is 19.2 Å². The number of ether oxygens (including phenoxy) is 1. The van der Waals surface area contributed by atoms with Gasteiger partial charge in [0.2, 0.25) is 5.91 Å². The first kappa shape index (κ1) is 16.0. The lowest BCUT2D eigenvalue weighted by Crippen LogP contribution is -2.44. The molecule has 0 saturated carbocycles. The minimum absolute atomic E-state index is 0.0260. The van der Waals surface area contributed by atoms with Crippen molar-refractivity contribution >= 4 is 23.3 Å². The third-order valence-corrected chi connectivity index (χ3v) is 4.04. The summed E-state index contributed by atoms with van der Waals surface area (Å²) >= 11 is 5.87. The summed E-state index contributed by atoms with van der Waals surface area (Å²) in [6.45, 7) is 2.84. The van der Waals surface area contributed by atoms with E-state index in [0.29, 0.717) is 24.7 Å². The highest BCUT2D eigenvalue weighted by molar-refractivity contribution is 6.30. The smallest absolute Gasteiger partial charge is 0.227 e. The van der Waals surface area contributed by atoms with E-state index in [4.69, 9.17) is 16.3 Å². The number of amides is 1. The number of likely N-dealkylation sites (N-methyl/N-ethyl adjacent to an activating group) is 1. The summed E-state index contributed by atoms with van der Waals surface area (Å²) in [7, 11) is 3.48. The Morgan fingerprint density at radius 2 is 2.38 bits per heavy atom. The first-order valence-corrected chi connectivity index (χ1v) is 7.60. The standard InChI is InChI=1S/C15H22ClN3O2/c1-18(8-9-21-2)15(20)12-4-3-7-19(11-12)14-6-5-13(16)10-17-14/h5-6,10,12H,3-4,7-9,11H2,1-2H3. The Bertz CT molecular complexity index is 466. The number of pyridine rings is 1. The Morgan fingerprint density at radius 1 is 1.57 bits per heavy atom. The number of rotatable bonds is 5. The van der Waals surface area contributed by atoms with Gasteiger partial charge in [0.25, 0.3) is 0 Å². The molecule has 6 heteroatoms. The molecule has 116 valence electrons. The third kappa shape index (κ3) is 4.32. The van der Waals surface area contributed by atoms with Gasteiger partial charge in [-0.3, -0.25) is 4.79 Å². The van der Waals surface area contributed by atoms with Gasteiger partial charge in [-0.1, -0.05) is 11.6 Å². The maximum atomic E-state index is 12.4. The van der Waals surface area contributed by atoms with Gasteiger partial charge < -0.3 is 14.5 Å². The number of carbonyl (C=O) groups is 1. The molecule has 1 fully saturated rings. The molecule has 0 N–H and O–H groups in total. The van der Waals surface area contributed by atoms with Crippen molar-refractivity contribution in [3.8, 4) is 0 Å². The van der Waals surface area contributed by atoms with Crippen LogP contribution >= 0.6 is 11.6 Å². The van der Waals surface area contributed by atoms with Crippen molar-refractivity contribution in [1.29, 1.82) is 0 Å². The molecule has 1 aliphatic heterocycles. The van der Waals surface area contributed by atoms with Gasteiger partial charge >= 0.3 is 0 Å². The van der Waals surface area contributed by atoms with Gasteiger partial charge in [-0.2, -0.15) is 0 Å². The third-order valence-electron chi connectivity index (χ3n) is 3.81. The van der Waals surface area contributed by atoms with Gasteiger partial charge in [-0.05, 0) is 25.0 Å². The molecule has 0 aromatic carbocycles. The maximum absolute atomic E-state index is 12.4. The van der Waals surface area contributed by atoms with Crippen LogP contribution in [0.2, 0.25) is 5.02 Å². The molecule has 1 aliphatic rings. The van der Waals surface area contributed by atoms with Gasteiger partial charge in [0.1, 0.15) is 5.82 Å². The molecule has 1 saturated heterocycles. The van der Waals surface area contributed by atoms with Crippen molar-refractivity contribution in [2.24, 2.45) is 5.92 Å². The van der Waals surface area contributed by atoms with Crippen molar-refractivity contribution in [3.63, 3.8) is 0 Å². The highest BCUT2D eigenvalue weighted by Crippen LogP contribution is 2.23. The average Bonchev–Trinajstić information content (AvgIpc) is 2.52. The molecule has 1 amide bonds. The van der Waals surface area contributed by atoms with Crippen LogP contribution in [0.1, 0.15) is 12.8 Å². The number of hydrogen-bond donors (Lipinski definition) is 0. The molecular weight excluding hydrogens is 290 g/mol. The summed E-state index contributed by atoms with van der Waals surface area (Å²) in [6, 6.07) is 3.74. The van der Waals surface area contributed by atoms with Crippen molar-refractivity contribution in [2.45, 2.75) is 12.8 Å². The molecular formula is C15H22ClN3O2. The molecule has 1 aromatic rings. The summed E-state index contributed by atoms with van der Waals surface area (Å²) < 4.78 is 5.02. The predicted octanol–water partition coefficient (Wildman–Crippen LogP) is 2.06. The predicted molar refractivity (Wildman–Crippen MR) is 83.7 cm³/mol. The lowest BCUT2D eigenvalue weighted by atomic mass is 9.96. The van der Waals surface area contributed by atoms with Crippen LogP contribution in [0.5, 0.6) is 0 Å². The number of nitrogens with zero attached hydrogens (tertiary/aromatic N) is 3. The molecule has 0 bridgehead atoms. The zero-order valence-electron chi connectivity index (χ0n) is 12.6. The van der Waals surface area contributed by atoms with E-state index in [0.717, 1.165) is 25.2 Å². The fourth-order valence-corrected chi connectivity index (χ4v) is 2.70. The van der Waals surface area contributed by atoms with Gasteiger partial charge in [0.15, 0.2) is 0 Å². The molecule has 1 atom stereocenters. The number of halogens is 1. The lowest BCUT2D eigenvalue weighted by molar-refractivity contribution is -0.135. The van der Waals surface area contributed by atoms with Gasteiger partial charge in [-0.15, -0.1) is 0 Å². The molecule has 1 unspecified atom stereocenters. The van der Waals surface area contributed by atoms with Crippen LogP contribution < -0.4 is 4.90 Å². The van der Waals surface area contributed by atoms with Crippen LogP contribution in [0.15, 0.2) is 18.3 Å². The van der Waals surface area contributed by atoms with Crippen LogP contribution in [0.4, 0.5) is 5.82 Å². The molecule has 5 nitrogen and oxygen atoms in total. The number of hydrogen-bond acceptors (Lipinski definition) is 4. The molecule has 2 rings (SSSR count). The second kappa shape index (κ2) is 7.61. The molecule has 0 radical (unpaired) electrons. The summed E-state index contributed by atoms with van der Waals surface area (Å²) in [5.41, 5.74) is 0. The first-order chi connectivity index (χ1) is 10.1. The van der Waals surface area contributed by atoms with E-state index in [2.05, 4.69) is 9.88 Å². The van der Waals surface area contributed by atoms with Crippen molar-refractivity contribution in [1.82, 2.24) is 9.88 Å². The Hall–Kier alpha value is -1.33. The topological polar surface area (TPSA) is 45.7 Å². The fourth-order valence-electron chi connectivity index (χ4n) is 2.59. The Labute approximate surface area is 130 Å². The summed E-state index contributed by atoms with van der Waals surface area (Å²) in [5.74, 6) is 1.10. The zero-order chi connectivity index (χ0) is 15.2. The summed E-state index contributed by atoms with van der Waals surface area (Å²) in [5, 5.41) is 0.627. The number of anilines is 1.